The monoisotopic (exact) mass is 284 g/mol. The number of nitrogen functional groups attached to an aromatic ring is 1. The number of para-hydroxylation sites is 1. The molecule has 0 atom stereocenters. The molecule has 0 bridgehead atoms. The smallest absolute Gasteiger partial charge is 0.397 e. The Morgan fingerprint density at radius 1 is 1.10 bits per heavy atom. The second-order valence-electron chi connectivity index (χ2n) is 4.36. The number of halogens is 4. The van der Waals surface area contributed by atoms with E-state index in [0.29, 0.717) is 11.4 Å². The zero-order chi connectivity index (χ0) is 14.9. The van der Waals surface area contributed by atoms with Crippen LogP contribution in [0.3, 0.4) is 0 Å². The third-order valence-electron chi connectivity index (χ3n) is 2.85. The fourth-order valence-electron chi connectivity index (χ4n) is 1.83. The summed E-state index contributed by atoms with van der Waals surface area (Å²) in [6, 6.07) is 7.87. The lowest BCUT2D eigenvalue weighted by molar-refractivity contribution is -0.139. The van der Waals surface area contributed by atoms with Crippen molar-refractivity contribution in [2.24, 2.45) is 0 Å². The molecule has 0 saturated carbocycles. The summed E-state index contributed by atoms with van der Waals surface area (Å²) in [5, 5.41) is 2.79. The lowest BCUT2D eigenvalue weighted by Crippen LogP contribution is -2.09. The minimum Gasteiger partial charge on any atom is -0.397 e. The molecule has 6 heteroatoms. The molecule has 0 aromatic heterocycles. The first-order valence-corrected chi connectivity index (χ1v) is 5.78. The molecular weight excluding hydrogens is 272 g/mol. The minimum absolute atomic E-state index is 0.125. The Morgan fingerprint density at radius 3 is 2.40 bits per heavy atom. The number of alkyl halides is 3. The van der Waals surface area contributed by atoms with Crippen molar-refractivity contribution < 1.29 is 17.6 Å². The molecule has 20 heavy (non-hydrogen) atoms. The molecule has 106 valence electrons. The first-order valence-electron chi connectivity index (χ1n) is 5.78. The molecule has 2 rings (SSSR count). The van der Waals surface area contributed by atoms with Gasteiger partial charge in [-0.15, -0.1) is 0 Å². The summed E-state index contributed by atoms with van der Waals surface area (Å²) in [4.78, 5) is 0. The maximum Gasteiger partial charge on any atom is 0.419 e. The van der Waals surface area contributed by atoms with Gasteiger partial charge in [-0.3, -0.25) is 0 Å². The van der Waals surface area contributed by atoms with Crippen LogP contribution >= 0.6 is 0 Å². The molecule has 0 aliphatic carbocycles. The van der Waals surface area contributed by atoms with Crippen LogP contribution in [0.2, 0.25) is 0 Å². The predicted octanol–water partition coefficient (Wildman–Crippen LogP) is 4.48. The highest BCUT2D eigenvalue weighted by atomic mass is 19.4. The van der Waals surface area contributed by atoms with E-state index in [2.05, 4.69) is 5.32 Å². The molecule has 0 fully saturated rings. The van der Waals surface area contributed by atoms with E-state index in [1.807, 2.05) is 0 Å². The number of hydrogen-bond acceptors (Lipinski definition) is 2. The van der Waals surface area contributed by atoms with Crippen LogP contribution in [0.5, 0.6) is 0 Å². The van der Waals surface area contributed by atoms with E-state index in [1.54, 1.807) is 25.1 Å². The third-order valence-corrected chi connectivity index (χ3v) is 2.85. The summed E-state index contributed by atoms with van der Waals surface area (Å²) in [6.45, 7) is 1.77. The molecule has 0 unspecified atom stereocenters. The Bertz CT molecular complexity index is 615. The van der Waals surface area contributed by atoms with Crippen LogP contribution in [-0.4, -0.2) is 0 Å². The number of hydrogen-bond donors (Lipinski definition) is 2. The summed E-state index contributed by atoms with van der Waals surface area (Å²) in [5.74, 6) is -1.30. The van der Waals surface area contributed by atoms with Crippen molar-refractivity contribution in [3.63, 3.8) is 0 Å². The second kappa shape index (κ2) is 5.03. The van der Waals surface area contributed by atoms with E-state index in [1.165, 1.54) is 6.07 Å². The van der Waals surface area contributed by atoms with Gasteiger partial charge in [0.15, 0.2) is 0 Å². The molecule has 0 aliphatic rings. The van der Waals surface area contributed by atoms with E-state index in [-0.39, 0.29) is 5.69 Å². The lowest BCUT2D eigenvalue weighted by Gasteiger charge is -2.14. The zero-order valence-corrected chi connectivity index (χ0v) is 10.6. The van der Waals surface area contributed by atoms with E-state index in [0.717, 1.165) is 17.7 Å². The zero-order valence-electron chi connectivity index (χ0n) is 10.6. The van der Waals surface area contributed by atoms with Gasteiger partial charge in [-0.2, -0.15) is 13.2 Å². The van der Waals surface area contributed by atoms with Crippen LogP contribution in [0.4, 0.5) is 34.6 Å². The van der Waals surface area contributed by atoms with E-state index in [9.17, 15) is 17.6 Å². The van der Waals surface area contributed by atoms with Crippen molar-refractivity contribution in [3.05, 3.63) is 53.3 Å². The van der Waals surface area contributed by atoms with E-state index >= 15 is 0 Å². The summed E-state index contributed by atoms with van der Waals surface area (Å²) < 4.78 is 51.1. The Hall–Kier alpha value is -2.24. The average molecular weight is 284 g/mol. The Labute approximate surface area is 113 Å². The molecule has 0 spiro atoms. The van der Waals surface area contributed by atoms with Crippen LogP contribution in [0.25, 0.3) is 0 Å². The molecule has 2 nitrogen and oxygen atoms in total. The van der Waals surface area contributed by atoms with Crippen LogP contribution in [0.15, 0.2) is 36.4 Å². The summed E-state index contributed by atoms with van der Waals surface area (Å²) in [5.41, 5.74) is 6.27. The predicted molar refractivity (Wildman–Crippen MR) is 70.3 cm³/mol. The van der Waals surface area contributed by atoms with Gasteiger partial charge >= 0.3 is 6.18 Å². The van der Waals surface area contributed by atoms with Gasteiger partial charge in [-0.25, -0.2) is 4.39 Å². The molecule has 0 saturated heterocycles. The quantitative estimate of drug-likeness (QED) is 0.630. The maximum atomic E-state index is 13.2. The number of benzene rings is 2. The highest BCUT2D eigenvalue weighted by Gasteiger charge is 2.34. The number of nitrogens with one attached hydrogen (secondary N) is 1. The first-order chi connectivity index (χ1) is 9.29. The van der Waals surface area contributed by atoms with E-state index < -0.39 is 17.6 Å². The molecular formula is C14H12F4N2. The van der Waals surface area contributed by atoms with Crippen molar-refractivity contribution in [2.45, 2.75) is 13.1 Å². The highest BCUT2D eigenvalue weighted by molar-refractivity contribution is 5.75. The standard InChI is InChI=1S/C14H12F4N2/c1-8-3-2-4-12(19)13(8)20-9-5-6-11(15)10(7-9)14(16,17)18/h2-7,20H,19H2,1H3. The molecule has 0 heterocycles. The van der Waals surface area contributed by atoms with Gasteiger partial charge < -0.3 is 11.1 Å². The van der Waals surface area contributed by atoms with Gasteiger partial charge in [0.2, 0.25) is 0 Å². The van der Waals surface area contributed by atoms with Crippen molar-refractivity contribution in [3.8, 4) is 0 Å². The topological polar surface area (TPSA) is 38.0 Å². The van der Waals surface area contributed by atoms with Crippen molar-refractivity contribution in [1.29, 1.82) is 0 Å². The van der Waals surface area contributed by atoms with Crippen LogP contribution in [0.1, 0.15) is 11.1 Å². The largest absolute Gasteiger partial charge is 0.419 e. The highest BCUT2D eigenvalue weighted by Crippen LogP contribution is 2.34. The SMILES string of the molecule is Cc1cccc(N)c1Nc1ccc(F)c(C(F)(F)F)c1. The molecule has 0 amide bonds. The minimum atomic E-state index is -4.74. The third kappa shape index (κ3) is 2.84. The molecule has 0 aliphatic heterocycles. The van der Waals surface area contributed by atoms with Crippen molar-refractivity contribution in [2.75, 3.05) is 11.1 Å². The molecule has 3 N–H and O–H groups in total. The maximum absolute atomic E-state index is 13.2. The average Bonchev–Trinajstić information content (AvgIpc) is 2.34. The molecule has 2 aromatic carbocycles. The van der Waals surface area contributed by atoms with Gasteiger partial charge in [0, 0.05) is 5.69 Å². The molecule has 2 aromatic rings. The van der Waals surface area contributed by atoms with Gasteiger partial charge in [0.05, 0.1) is 16.9 Å². The Kier molecular flexibility index (Phi) is 3.57. The summed E-state index contributed by atoms with van der Waals surface area (Å²) in [7, 11) is 0. The van der Waals surface area contributed by atoms with E-state index in [4.69, 9.17) is 5.73 Å². The summed E-state index contributed by atoms with van der Waals surface area (Å²) in [6.07, 6.45) is -4.74. The van der Waals surface area contributed by atoms with Crippen molar-refractivity contribution in [1.82, 2.24) is 0 Å². The van der Waals surface area contributed by atoms with Crippen molar-refractivity contribution >= 4 is 17.1 Å². The van der Waals surface area contributed by atoms with Crippen LogP contribution in [0, 0.1) is 12.7 Å². The lowest BCUT2D eigenvalue weighted by atomic mass is 10.1. The number of nitrogens with two attached hydrogens (primary N) is 1. The fourth-order valence-corrected chi connectivity index (χ4v) is 1.83. The number of aryl methyl sites for hydroxylation is 1. The Morgan fingerprint density at radius 2 is 1.80 bits per heavy atom. The summed E-state index contributed by atoms with van der Waals surface area (Å²) >= 11 is 0. The molecule has 0 radical (unpaired) electrons. The second-order valence-corrected chi connectivity index (χ2v) is 4.36. The van der Waals surface area contributed by atoms with Crippen LogP contribution in [-0.2, 0) is 6.18 Å². The van der Waals surface area contributed by atoms with Gasteiger partial charge in [-0.1, -0.05) is 12.1 Å². The normalized spacial score (nSPS) is 11.4. The first kappa shape index (κ1) is 14.2. The number of rotatable bonds is 2. The fraction of sp³-hybridized carbons (Fsp3) is 0.143. The Balaban J connectivity index is 2.40. The van der Waals surface area contributed by atoms with Gasteiger partial charge in [0.25, 0.3) is 0 Å². The van der Waals surface area contributed by atoms with Gasteiger partial charge in [-0.05, 0) is 36.8 Å². The van der Waals surface area contributed by atoms with Crippen LogP contribution < -0.4 is 11.1 Å². The van der Waals surface area contributed by atoms with Gasteiger partial charge in [0.1, 0.15) is 5.82 Å². The number of anilines is 3.